The Morgan fingerprint density at radius 1 is 0.941 bits per heavy atom. The van der Waals surface area contributed by atoms with Gasteiger partial charge in [0.25, 0.3) is 5.82 Å². The summed E-state index contributed by atoms with van der Waals surface area (Å²) >= 11 is 0. The first kappa shape index (κ1) is 14.3. The van der Waals surface area contributed by atoms with Crippen molar-refractivity contribution in [3.8, 4) is 0 Å². The minimum atomic E-state index is 1.19. The number of imidazole rings is 1. The summed E-state index contributed by atoms with van der Waals surface area (Å²) in [6.07, 6.45) is 16.2. The maximum Gasteiger partial charge on any atom is 0.254 e. The first-order valence-electron chi connectivity index (χ1n) is 7.44. The van der Waals surface area contributed by atoms with Gasteiger partial charge in [-0.15, -0.1) is 0 Å². The minimum absolute atomic E-state index is 1.19. The topological polar surface area (TPSA) is 19.7 Å². The number of aromatic amines is 1. The van der Waals surface area contributed by atoms with Crippen molar-refractivity contribution in [3.63, 3.8) is 0 Å². The molecule has 0 bridgehead atoms. The Hall–Kier alpha value is -0.790. The quantitative estimate of drug-likeness (QED) is 0.469. The number of hydrogen-bond donors (Lipinski definition) is 1. The molecule has 0 aliphatic carbocycles. The van der Waals surface area contributed by atoms with Gasteiger partial charge >= 0.3 is 0 Å². The maximum absolute atomic E-state index is 3.39. The summed E-state index contributed by atoms with van der Waals surface area (Å²) in [6.45, 7) is 5.72. The van der Waals surface area contributed by atoms with E-state index in [0.717, 1.165) is 0 Å². The molecule has 1 heterocycles. The standard InChI is InChI=1S/C15H28N2/c1-3-5-7-9-11-15-16-12-14-17(15)13-10-8-6-4-2/h12,14H,3-11,13H2,1-2H3/p+1. The molecule has 1 N–H and O–H groups in total. The van der Waals surface area contributed by atoms with Crippen LogP contribution in [-0.2, 0) is 13.0 Å². The van der Waals surface area contributed by atoms with Crippen LogP contribution in [0.2, 0.25) is 0 Å². The molecule has 1 aromatic rings. The van der Waals surface area contributed by atoms with Gasteiger partial charge in [0.05, 0.1) is 6.54 Å². The van der Waals surface area contributed by atoms with Crippen LogP contribution in [0, 0.1) is 0 Å². The van der Waals surface area contributed by atoms with E-state index in [9.17, 15) is 0 Å². The highest BCUT2D eigenvalue weighted by Gasteiger charge is 2.09. The lowest BCUT2D eigenvalue weighted by atomic mass is 10.1. The summed E-state index contributed by atoms with van der Waals surface area (Å²) in [6, 6.07) is 0. The molecule has 98 valence electrons. The van der Waals surface area contributed by atoms with Gasteiger partial charge < -0.3 is 0 Å². The summed E-state index contributed by atoms with van der Waals surface area (Å²) in [4.78, 5) is 3.39. The molecular formula is C15H29N2+. The van der Waals surface area contributed by atoms with Crippen LogP contribution in [0.4, 0.5) is 0 Å². The molecule has 1 rings (SSSR count). The molecule has 0 unspecified atom stereocenters. The van der Waals surface area contributed by atoms with Crippen LogP contribution in [0.15, 0.2) is 12.4 Å². The average molecular weight is 237 g/mol. The van der Waals surface area contributed by atoms with Gasteiger partial charge in [-0.05, 0) is 19.3 Å². The van der Waals surface area contributed by atoms with E-state index in [1.54, 1.807) is 0 Å². The van der Waals surface area contributed by atoms with Crippen LogP contribution < -0.4 is 4.57 Å². The van der Waals surface area contributed by atoms with Gasteiger partial charge in [-0.25, -0.2) is 9.55 Å². The number of nitrogens with zero attached hydrogens (tertiary/aromatic N) is 1. The van der Waals surface area contributed by atoms with E-state index in [1.807, 2.05) is 0 Å². The molecule has 0 amide bonds. The fourth-order valence-electron chi connectivity index (χ4n) is 2.25. The summed E-state index contributed by atoms with van der Waals surface area (Å²) in [5.41, 5.74) is 0. The summed E-state index contributed by atoms with van der Waals surface area (Å²) in [5.74, 6) is 1.41. The average Bonchev–Trinajstić information content (AvgIpc) is 2.78. The van der Waals surface area contributed by atoms with Crippen LogP contribution in [0.25, 0.3) is 0 Å². The first-order valence-corrected chi connectivity index (χ1v) is 7.44. The lowest BCUT2D eigenvalue weighted by molar-refractivity contribution is -0.703. The highest BCUT2D eigenvalue weighted by Crippen LogP contribution is 2.04. The van der Waals surface area contributed by atoms with Gasteiger partial charge in [0.2, 0.25) is 0 Å². The second-order valence-electron chi connectivity index (χ2n) is 4.97. The molecule has 0 spiro atoms. The van der Waals surface area contributed by atoms with Crippen molar-refractivity contribution < 1.29 is 4.57 Å². The lowest BCUT2D eigenvalue weighted by Gasteiger charge is -2.01. The normalized spacial score (nSPS) is 10.9. The van der Waals surface area contributed by atoms with Gasteiger partial charge in [0.1, 0.15) is 12.4 Å². The predicted molar refractivity (Wildman–Crippen MR) is 73.0 cm³/mol. The Morgan fingerprint density at radius 3 is 2.35 bits per heavy atom. The largest absolute Gasteiger partial charge is 0.254 e. The van der Waals surface area contributed by atoms with Crippen molar-refractivity contribution in [3.05, 3.63) is 18.2 Å². The number of hydrogen-bond acceptors (Lipinski definition) is 0. The van der Waals surface area contributed by atoms with Crippen molar-refractivity contribution in [2.24, 2.45) is 0 Å². The fourth-order valence-corrected chi connectivity index (χ4v) is 2.25. The fraction of sp³-hybridized carbons (Fsp3) is 0.800. The Kier molecular flexibility index (Phi) is 7.78. The van der Waals surface area contributed by atoms with Crippen LogP contribution in [0.3, 0.4) is 0 Å². The minimum Gasteiger partial charge on any atom is -0.248 e. The second kappa shape index (κ2) is 9.26. The zero-order valence-corrected chi connectivity index (χ0v) is 11.7. The Balaban J connectivity index is 2.22. The summed E-state index contributed by atoms with van der Waals surface area (Å²) in [5, 5.41) is 0. The molecular weight excluding hydrogens is 208 g/mol. The SMILES string of the molecule is CCCCCCc1[nH]cc[n+]1CCCCCC. The highest BCUT2D eigenvalue weighted by atomic mass is 15.1. The predicted octanol–water partition coefficient (Wildman–Crippen LogP) is 4.01. The lowest BCUT2D eigenvalue weighted by Crippen LogP contribution is -2.36. The molecule has 1 aromatic heterocycles. The number of nitrogens with one attached hydrogen (secondary N) is 1. The third kappa shape index (κ3) is 5.90. The van der Waals surface area contributed by atoms with Crippen LogP contribution >= 0.6 is 0 Å². The maximum atomic E-state index is 3.39. The molecule has 0 aromatic carbocycles. The molecule has 0 saturated carbocycles. The van der Waals surface area contributed by atoms with E-state index in [1.165, 1.54) is 70.2 Å². The van der Waals surface area contributed by atoms with E-state index in [2.05, 4.69) is 35.8 Å². The van der Waals surface area contributed by atoms with Crippen molar-refractivity contribution in [1.29, 1.82) is 0 Å². The molecule has 2 heteroatoms. The van der Waals surface area contributed by atoms with Crippen molar-refractivity contribution in [1.82, 2.24) is 4.98 Å². The van der Waals surface area contributed by atoms with Crippen molar-refractivity contribution >= 4 is 0 Å². The molecule has 0 fully saturated rings. The molecule has 2 nitrogen and oxygen atoms in total. The van der Waals surface area contributed by atoms with Crippen LogP contribution in [0.5, 0.6) is 0 Å². The smallest absolute Gasteiger partial charge is 0.248 e. The Bertz CT molecular complexity index is 252. The molecule has 0 aliphatic heterocycles. The van der Waals surface area contributed by atoms with Gasteiger partial charge in [0, 0.05) is 6.42 Å². The zero-order chi connectivity index (χ0) is 12.3. The van der Waals surface area contributed by atoms with Gasteiger partial charge in [-0.3, -0.25) is 0 Å². The van der Waals surface area contributed by atoms with Gasteiger partial charge in [-0.1, -0.05) is 46.0 Å². The third-order valence-corrected chi connectivity index (χ3v) is 3.37. The third-order valence-electron chi connectivity index (χ3n) is 3.37. The second-order valence-corrected chi connectivity index (χ2v) is 4.97. The number of H-pyrrole nitrogens is 1. The Labute approximate surface area is 106 Å². The van der Waals surface area contributed by atoms with Crippen LogP contribution in [-0.4, -0.2) is 4.98 Å². The van der Waals surface area contributed by atoms with E-state index in [-0.39, 0.29) is 0 Å². The summed E-state index contributed by atoms with van der Waals surface area (Å²) < 4.78 is 2.40. The number of rotatable bonds is 10. The van der Waals surface area contributed by atoms with Crippen molar-refractivity contribution in [2.75, 3.05) is 0 Å². The number of aromatic nitrogens is 2. The monoisotopic (exact) mass is 237 g/mol. The van der Waals surface area contributed by atoms with E-state index < -0.39 is 0 Å². The molecule has 17 heavy (non-hydrogen) atoms. The molecule has 0 saturated heterocycles. The van der Waals surface area contributed by atoms with E-state index >= 15 is 0 Å². The van der Waals surface area contributed by atoms with Crippen molar-refractivity contribution in [2.45, 2.75) is 78.2 Å². The van der Waals surface area contributed by atoms with Gasteiger partial charge in [0.15, 0.2) is 0 Å². The number of unbranched alkanes of at least 4 members (excludes halogenated alkanes) is 6. The molecule has 0 aliphatic rings. The van der Waals surface area contributed by atoms with E-state index in [0.29, 0.717) is 0 Å². The van der Waals surface area contributed by atoms with E-state index in [4.69, 9.17) is 0 Å². The zero-order valence-electron chi connectivity index (χ0n) is 11.7. The van der Waals surface area contributed by atoms with Gasteiger partial charge in [-0.2, -0.15) is 0 Å². The highest BCUT2D eigenvalue weighted by molar-refractivity contribution is 4.77. The van der Waals surface area contributed by atoms with Crippen LogP contribution in [0.1, 0.15) is 71.0 Å². The number of aryl methyl sites for hydroxylation is 2. The Morgan fingerprint density at radius 2 is 1.65 bits per heavy atom. The molecule has 0 atom stereocenters. The molecule has 0 radical (unpaired) electrons. The summed E-state index contributed by atoms with van der Waals surface area (Å²) in [7, 11) is 0. The first-order chi connectivity index (χ1) is 8.38.